The van der Waals surface area contributed by atoms with Crippen LogP contribution < -0.4 is 15.2 Å². The van der Waals surface area contributed by atoms with E-state index in [0.717, 1.165) is 12.8 Å². The van der Waals surface area contributed by atoms with Crippen molar-refractivity contribution in [3.8, 4) is 5.75 Å². The molecule has 0 aliphatic heterocycles. The van der Waals surface area contributed by atoms with E-state index in [9.17, 15) is 8.42 Å². The van der Waals surface area contributed by atoms with E-state index in [1.165, 1.54) is 19.2 Å². The van der Waals surface area contributed by atoms with E-state index in [2.05, 4.69) is 4.72 Å². The first-order valence-corrected chi connectivity index (χ1v) is 6.95. The minimum atomic E-state index is -3.37. The summed E-state index contributed by atoms with van der Waals surface area (Å²) in [6, 6.07) is 6.62. The summed E-state index contributed by atoms with van der Waals surface area (Å²) in [7, 11) is -1.98. The Balaban J connectivity index is 2.03. The third kappa shape index (κ3) is 2.77. The van der Waals surface area contributed by atoms with E-state index in [1.807, 2.05) is 0 Å². The van der Waals surface area contributed by atoms with Gasteiger partial charge in [-0.1, -0.05) is 0 Å². The van der Waals surface area contributed by atoms with Crippen LogP contribution in [0.1, 0.15) is 12.8 Å². The zero-order valence-electron chi connectivity index (χ0n) is 9.59. The van der Waals surface area contributed by atoms with Crippen LogP contribution in [0.5, 0.6) is 5.75 Å². The van der Waals surface area contributed by atoms with Gasteiger partial charge in [0.05, 0.1) is 4.90 Å². The number of benzene rings is 1. The van der Waals surface area contributed by atoms with Gasteiger partial charge in [-0.15, -0.1) is 0 Å². The van der Waals surface area contributed by atoms with Gasteiger partial charge in [-0.3, -0.25) is 0 Å². The van der Waals surface area contributed by atoms with E-state index in [4.69, 9.17) is 10.5 Å². The summed E-state index contributed by atoms with van der Waals surface area (Å²) < 4.78 is 30.8. The highest BCUT2D eigenvalue weighted by molar-refractivity contribution is 7.89. The number of ether oxygens (including phenoxy) is 1. The molecule has 1 aromatic carbocycles. The van der Waals surface area contributed by atoms with Gasteiger partial charge in [-0.25, -0.2) is 13.1 Å². The van der Waals surface area contributed by atoms with Crippen molar-refractivity contribution >= 4 is 10.0 Å². The van der Waals surface area contributed by atoms with Crippen LogP contribution in [0.25, 0.3) is 0 Å². The molecule has 0 atom stereocenters. The molecule has 0 bridgehead atoms. The summed E-state index contributed by atoms with van der Waals surface area (Å²) in [4.78, 5) is 0.234. The van der Waals surface area contributed by atoms with Gasteiger partial charge in [-0.2, -0.15) is 0 Å². The van der Waals surface area contributed by atoms with Gasteiger partial charge in [0.25, 0.3) is 0 Å². The van der Waals surface area contributed by atoms with E-state index in [0.29, 0.717) is 5.75 Å². The molecule has 1 fully saturated rings. The molecule has 0 unspecified atom stereocenters. The van der Waals surface area contributed by atoms with Gasteiger partial charge in [-0.05, 0) is 44.2 Å². The summed E-state index contributed by atoms with van der Waals surface area (Å²) in [5.41, 5.74) is 5.65. The smallest absolute Gasteiger partial charge is 0.240 e. The van der Waals surface area contributed by atoms with E-state index in [-0.39, 0.29) is 17.0 Å². The lowest BCUT2D eigenvalue weighted by molar-refractivity contribution is 0.101. The van der Waals surface area contributed by atoms with Crippen LogP contribution in [-0.2, 0) is 10.0 Å². The molecule has 0 radical (unpaired) electrons. The van der Waals surface area contributed by atoms with Gasteiger partial charge >= 0.3 is 0 Å². The fraction of sp³-hybridized carbons (Fsp3) is 0.455. The molecule has 0 amide bonds. The maximum Gasteiger partial charge on any atom is 0.240 e. The van der Waals surface area contributed by atoms with Crippen molar-refractivity contribution in [2.45, 2.75) is 29.9 Å². The predicted octanol–water partition coefficient (Wildman–Crippen LogP) is 0.463. The summed E-state index contributed by atoms with van der Waals surface area (Å²) in [6.07, 6.45) is 1.88. The van der Waals surface area contributed by atoms with Crippen LogP contribution in [0, 0.1) is 0 Å². The maximum atomic E-state index is 11.5. The molecule has 0 aromatic heterocycles. The molecule has 1 saturated carbocycles. The topological polar surface area (TPSA) is 81.4 Å². The highest BCUT2D eigenvalue weighted by atomic mass is 32.2. The number of nitrogens with one attached hydrogen (secondary N) is 1. The monoisotopic (exact) mass is 256 g/mol. The van der Waals surface area contributed by atoms with Crippen LogP contribution in [-0.4, -0.2) is 27.6 Å². The Bertz CT molecular complexity index is 478. The first-order chi connectivity index (χ1) is 8.01. The largest absolute Gasteiger partial charge is 0.490 e. The Hall–Kier alpha value is -1.11. The molecule has 0 saturated heterocycles. The molecule has 0 spiro atoms. The number of hydrogen-bond donors (Lipinski definition) is 2. The van der Waals surface area contributed by atoms with E-state index in [1.54, 1.807) is 12.1 Å². The van der Waals surface area contributed by atoms with Crippen molar-refractivity contribution in [3.63, 3.8) is 0 Å². The van der Waals surface area contributed by atoms with Crippen molar-refractivity contribution < 1.29 is 13.2 Å². The summed E-state index contributed by atoms with van der Waals surface area (Å²) in [6.45, 7) is 0. The molecular weight excluding hydrogens is 240 g/mol. The van der Waals surface area contributed by atoms with Crippen molar-refractivity contribution in [3.05, 3.63) is 24.3 Å². The van der Waals surface area contributed by atoms with Gasteiger partial charge in [0, 0.05) is 6.04 Å². The highest BCUT2D eigenvalue weighted by Crippen LogP contribution is 2.25. The lowest BCUT2D eigenvalue weighted by Gasteiger charge is -2.32. The Morgan fingerprint density at radius 2 is 1.88 bits per heavy atom. The number of sulfonamides is 1. The SMILES string of the molecule is CNS(=O)(=O)c1ccc(OC2CC(N)C2)cc1. The molecule has 5 nitrogen and oxygen atoms in total. The zero-order valence-corrected chi connectivity index (χ0v) is 10.4. The Labute approximate surface area is 101 Å². The van der Waals surface area contributed by atoms with Crippen molar-refractivity contribution in [1.82, 2.24) is 4.72 Å². The molecule has 2 rings (SSSR count). The third-order valence-corrected chi connectivity index (χ3v) is 4.27. The number of nitrogens with two attached hydrogens (primary N) is 1. The Kier molecular flexibility index (Phi) is 3.37. The molecule has 1 aromatic rings. The lowest BCUT2D eigenvalue weighted by Crippen LogP contribution is -2.43. The zero-order chi connectivity index (χ0) is 12.5. The summed E-state index contributed by atoms with van der Waals surface area (Å²) in [5, 5.41) is 0. The average molecular weight is 256 g/mol. The normalized spacial score (nSPS) is 24.1. The predicted molar refractivity (Wildman–Crippen MR) is 64.3 cm³/mol. The van der Waals surface area contributed by atoms with Crippen molar-refractivity contribution in [2.75, 3.05) is 7.05 Å². The molecule has 17 heavy (non-hydrogen) atoms. The molecular formula is C11H16N2O3S. The van der Waals surface area contributed by atoms with Gasteiger partial charge in [0.1, 0.15) is 11.9 Å². The first kappa shape index (κ1) is 12.3. The molecule has 1 aliphatic carbocycles. The van der Waals surface area contributed by atoms with Gasteiger partial charge in [0.2, 0.25) is 10.0 Å². The maximum absolute atomic E-state index is 11.5. The summed E-state index contributed by atoms with van der Waals surface area (Å²) in [5.74, 6) is 0.678. The highest BCUT2D eigenvalue weighted by Gasteiger charge is 2.27. The molecule has 6 heteroatoms. The summed E-state index contributed by atoms with van der Waals surface area (Å²) >= 11 is 0. The van der Waals surface area contributed by atoms with Crippen LogP contribution in [0.15, 0.2) is 29.2 Å². The molecule has 1 aliphatic rings. The minimum absolute atomic E-state index is 0.164. The number of rotatable bonds is 4. The van der Waals surface area contributed by atoms with Crippen LogP contribution >= 0.6 is 0 Å². The fourth-order valence-electron chi connectivity index (χ4n) is 1.71. The van der Waals surface area contributed by atoms with Crippen LogP contribution in [0.3, 0.4) is 0 Å². The standard InChI is InChI=1S/C11H16N2O3S/c1-13-17(14,15)11-4-2-9(3-5-11)16-10-6-8(12)7-10/h2-5,8,10,13H,6-7,12H2,1H3. The van der Waals surface area contributed by atoms with Crippen LogP contribution in [0.4, 0.5) is 0 Å². The van der Waals surface area contributed by atoms with Gasteiger partial charge < -0.3 is 10.5 Å². The molecule has 3 N–H and O–H groups in total. The third-order valence-electron chi connectivity index (χ3n) is 2.84. The first-order valence-electron chi connectivity index (χ1n) is 5.47. The second kappa shape index (κ2) is 4.64. The van der Waals surface area contributed by atoms with Gasteiger partial charge in [0.15, 0.2) is 0 Å². The lowest BCUT2D eigenvalue weighted by atomic mass is 9.90. The Morgan fingerprint density at radius 3 is 2.35 bits per heavy atom. The second-order valence-corrected chi connectivity index (χ2v) is 6.04. The Morgan fingerprint density at radius 1 is 1.29 bits per heavy atom. The van der Waals surface area contributed by atoms with Crippen LogP contribution in [0.2, 0.25) is 0 Å². The minimum Gasteiger partial charge on any atom is -0.490 e. The van der Waals surface area contributed by atoms with Crippen molar-refractivity contribution in [1.29, 1.82) is 0 Å². The second-order valence-electron chi connectivity index (χ2n) is 4.15. The number of hydrogen-bond acceptors (Lipinski definition) is 4. The fourth-order valence-corrected chi connectivity index (χ4v) is 2.44. The molecule has 0 heterocycles. The van der Waals surface area contributed by atoms with Crippen molar-refractivity contribution in [2.24, 2.45) is 5.73 Å². The van der Waals surface area contributed by atoms with E-state index >= 15 is 0 Å². The quantitative estimate of drug-likeness (QED) is 0.820. The average Bonchev–Trinajstić information content (AvgIpc) is 2.28. The van der Waals surface area contributed by atoms with E-state index < -0.39 is 10.0 Å². The molecule has 94 valence electrons.